The first-order valence-electron chi connectivity index (χ1n) is 18.3. The van der Waals surface area contributed by atoms with E-state index in [1.807, 2.05) is 0 Å². The van der Waals surface area contributed by atoms with Crippen molar-refractivity contribution in [2.75, 3.05) is 0 Å². The van der Waals surface area contributed by atoms with Crippen molar-refractivity contribution in [3.63, 3.8) is 0 Å². The van der Waals surface area contributed by atoms with Gasteiger partial charge in [-0.05, 0) is 115 Å². The SMILES string of the molecule is CC(=O)[C@@H](N)CC(C)C(C)CC[C@H](C)C(=O)O.CC(=O)[C@@H](N)CCC(C)C(C)C[C@H](C)C(=O)O.CC(=O)[C@@H](N)CCC(C)CC[C@H](C)C(=O)O. The van der Waals surface area contributed by atoms with Gasteiger partial charge in [-0.1, -0.05) is 55.4 Å². The van der Waals surface area contributed by atoms with Crippen LogP contribution in [0, 0.1) is 47.3 Å². The molecule has 0 amide bonds. The maximum atomic E-state index is 11.1. The summed E-state index contributed by atoms with van der Waals surface area (Å²) in [5.41, 5.74) is 17.0. The van der Waals surface area contributed by atoms with E-state index in [4.69, 9.17) is 32.5 Å². The Kier molecular flexibility index (Phi) is 28.9. The second-order valence-electron chi connectivity index (χ2n) is 15.2. The van der Waals surface area contributed by atoms with Gasteiger partial charge < -0.3 is 32.5 Å². The normalized spacial score (nSPS) is 17.6. The van der Waals surface area contributed by atoms with Crippen LogP contribution in [0.1, 0.15) is 140 Å². The van der Waals surface area contributed by atoms with Gasteiger partial charge >= 0.3 is 17.9 Å². The van der Waals surface area contributed by atoms with Crippen LogP contribution in [0.25, 0.3) is 0 Å². The van der Waals surface area contributed by atoms with Gasteiger partial charge in [0.2, 0.25) is 0 Å². The fraction of sp³-hybridized carbons (Fsp3) is 0.842. The molecule has 0 saturated heterocycles. The van der Waals surface area contributed by atoms with Gasteiger partial charge in [-0.3, -0.25) is 28.8 Å². The van der Waals surface area contributed by atoms with E-state index in [0.29, 0.717) is 68.1 Å². The van der Waals surface area contributed by atoms with Gasteiger partial charge in [0, 0.05) is 0 Å². The van der Waals surface area contributed by atoms with E-state index >= 15 is 0 Å². The van der Waals surface area contributed by atoms with Crippen LogP contribution in [-0.2, 0) is 28.8 Å². The molecule has 0 heterocycles. The summed E-state index contributed by atoms with van der Waals surface area (Å²) in [4.78, 5) is 65.0. The Hall–Kier alpha value is -2.70. The molecule has 0 aliphatic rings. The number of ketones is 3. The summed E-state index contributed by atoms with van der Waals surface area (Å²) < 4.78 is 0. The summed E-state index contributed by atoms with van der Waals surface area (Å²) in [6.45, 7) is 20.1. The van der Waals surface area contributed by atoms with E-state index in [2.05, 4.69) is 34.6 Å². The van der Waals surface area contributed by atoms with Gasteiger partial charge in [0.15, 0.2) is 0 Å². The van der Waals surface area contributed by atoms with Crippen molar-refractivity contribution in [2.45, 2.75) is 158 Å². The van der Waals surface area contributed by atoms with Crippen LogP contribution in [0.5, 0.6) is 0 Å². The zero-order valence-electron chi connectivity index (χ0n) is 32.9. The topological polar surface area (TPSA) is 241 Å². The number of carbonyl (C=O) groups is 6. The van der Waals surface area contributed by atoms with E-state index in [9.17, 15) is 28.8 Å². The van der Waals surface area contributed by atoms with Gasteiger partial charge in [-0.15, -0.1) is 0 Å². The lowest BCUT2D eigenvalue weighted by Gasteiger charge is -2.22. The highest BCUT2D eigenvalue weighted by Crippen LogP contribution is 2.25. The Morgan fingerprint density at radius 1 is 0.400 bits per heavy atom. The maximum absolute atomic E-state index is 11.1. The van der Waals surface area contributed by atoms with Crippen molar-refractivity contribution in [3.8, 4) is 0 Å². The number of aliphatic carboxylic acids is 3. The number of carboxylic acids is 3. The van der Waals surface area contributed by atoms with Crippen LogP contribution in [0.4, 0.5) is 0 Å². The molecule has 0 saturated carbocycles. The monoisotopic (exact) mass is 716 g/mol. The molecular weight excluding hydrogens is 642 g/mol. The smallest absolute Gasteiger partial charge is 0.306 e. The van der Waals surface area contributed by atoms with Crippen molar-refractivity contribution < 1.29 is 44.1 Å². The molecule has 12 heteroatoms. The average molecular weight is 716 g/mol. The second kappa shape index (κ2) is 28.0. The molecule has 0 aromatic rings. The minimum absolute atomic E-state index is 0.0166. The van der Waals surface area contributed by atoms with Crippen molar-refractivity contribution >= 4 is 35.3 Å². The lowest BCUT2D eigenvalue weighted by Crippen LogP contribution is -2.31. The Morgan fingerprint density at radius 2 is 0.700 bits per heavy atom. The third-order valence-corrected chi connectivity index (χ3v) is 10.2. The number of hydrogen-bond acceptors (Lipinski definition) is 9. The van der Waals surface area contributed by atoms with Crippen LogP contribution in [-0.4, -0.2) is 68.7 Å². The molecular formula is C38H73N3O9. The highest BCUT2D eigenvalue weighted by atomic mass is 16.4. The standard InChI is InChI=1S/2C13H25NO3.C12H23NO3/c1-8(5-6-12(14)11(4)15)9(2)7-10(3)13(16)17;1-8(5-6-9(2)13(16)17)10(3)7-12(14)11(4)15;1-8(4-6-9(2)12(15)16)5-7-11(13)10(3)14/h2*8-10,12H,5-7,14H2,1-4H3,(H,16,17);8-9,11H,4-7,13H2,1-3H3,(H,15,16)/t8?,9?,10-,12-;8?,9-,10?,12-;8?,9-,11-/m000/s1. The predicted molar refractivity (Wildman–Crippen MR) is 198 cm³/mol. The van der Waals surface area contributed by atoms with Gasteiger partial charge in [0.25, 0.3) is 0 Å². The summed E-state index contributed by atoms with van der Waals surface area (Å²) in [6.07, 6.45) is 7.57. The first-order valence-corrected chi connectivity index (χ1v) is 18.3. The van der Waals surface area contributed by atoms with Crippen molar-refractivity contribution in [1.29, 1.82) is 0 Å². The number of rotatable bonds is 24. The first kappa shape index (κ1) is 51.7. The molecule has 0 aromatic heterocycles. The molecule has 12 nitrogen and oxygen atoms in total. The fourth-order valence-electron chi connectivity index (χ4n) is 5.01. The highest BCUT2D eigenvalue weighted by Gasteiger charge is 2.22. The summed E-state index contributed by atoms with van der Waals surface area (Å²) in [5.74, 6) is -1.20. The van der Waals surface area contributed by atoms with E-state index in [-0.39, 0.29) is 53.2 Å². The van der Waals surface area contributed by atoms with Crippen LogP contribution >= 0.6 is 0 Å². The third-order valence-electron chi connectivity index (χ3n) is 10.2. The molecule has 9 N–H and O–H groups in total. The van der Waals surface area contributed by atoms with Crippen LogP contribution < -0.4 is 17.2 Å². The zero-order chi connectivity index (χ0) is 39.9. The van der Waals surface area contributed by atoms with Crippen molar-refractivity contribution in [1.82, 2.24) is 0 Å². The lowest BCUT2D eigenvalue weighted by atomic mass is 9.84. The number of hydrogen-bond donors (Lipinski definition) is 6. The molecule has 0 aliphatic heterocycles. The Balaban J connectivity index is -0.000000663. The highest BCUT2D eigenvalue weighted by molar-refractivity contribution is 5.81. The molecule has 50 heavy (non-hydrogen) atoms. The van der Waals surface area contributed by atoms with Gasteiger partial charge in [-0.25, -0.2) is 0 Å². The third kappa shape index (κ3) is 27.1. The summed E-state index contributed by atoms with van der Waals surface area (Å²) in [6, 6.07) is -1.12. The largest absolute Gasteiger partial charge is 0.481 e. The maximum Gasteiger partial charge on any atom is 0.306 e. The zero-order valence-corrected chi connectivity index (χ0v) is 32.9. The predicted octanol–water partition coefficient (Wildman–Crippen LogP) is 5.95. The number of carbonyl (C=O) groups excluding carboxylic acids is 3. The Labute approximate surface area is 302 Å². The van der Waals surface area contributed by atoms with Crippen LogP contribution in [0.2, 0.25) is 0 Å². The Bertz CT molecular complexity index is 943. The number of carboxylic acid groups (broad SMARTS) is 3. The van der Waals surface area contributed by atoms with E-state index in [0.717, 1.165) is 25.7 Å². The summed E-state index contributed by atoms with van der Waals surface area (Å²) in [7, 11) is 0. The number of nitrogens with two attached hydrogens (primary N) is 3. The molecule has 0 spiro atoms. The molecule has 0 bridgehead atoms. The second-order valence-corrected chi connectivity index (χ2v) is 15.2. The van der Waals surface area contributed by atoms with Gasteiger partial charge in [0.05, 0.1) is 35.9 Å². The molecule has 0 radical (unpaired) electrons. The van der Waals surface area contributed by atoms with E-state index in [1.54, 1.807) is 20.8 Å². The molecule has 294 valence electrons. The molecule has 0 aromatic carbocycles. The molecule has 11 atom stereocenters. The number of Topliss-reactive ketones (excluding diaryl/α,β-unsaturated/α-hetero) is 3. The quantitative estimate of drug-likeness (QED) is 0.0679. The lowest BCUT2D eigenvalue weighted by molar-refractivity contribution is -0.142. The van der Waals surface area contributed by atoms with Gasteiger partial charge in [0.1, 0.15) is 17.3 Å². The molecule has 0 rings (SSSR count). The van der Waals surface area contributed by atoms with Gasteiger partial charge in [-0.2, -0.15) is 0 Å². The Morgan fingerprint density at radius 3 is 1.06 bits per heavy atom. The van der Waals surface area contributed by atoms with Crippen LogP contribution in [0.3, 0.4) is 0 Å². The molecule has 5 unspecified atom stereocenters. The first-order chi connectivity index (χ1) is 22.8. The molecule has 0 fully saturated rings. The van der Waals surface area contributed by atoms with Crippen molar-refractivity contribution in [2.24, 2.45) is 64.5 Å². The summed E-state index contributed by atoms with van der Waals surface area (Å²) >= 11 is 0. The minimum atomic E-state index is -0.746. The average Bonchev–Trinajstić information content (AvgIpc) is 3.03. The fourth-order valence-corrected chi connectivity index (χ4v) is 5.01. The minimum Gasteiger partial charge on any atom is -0.481 e. The molecule has 0 aliphatic carbocycles. The van der Waals surface area contributed by atoms with Crippen molar-refractivity contribution in [3.05, 3.63) is 0 Å². The van der Waals surface area contributed by atoms with E-state index < -0.39 is 17.9 Å². The summed E-state index contributed by atoms with van der Waals surface area (Å²) in [5, 5.41) is 26.3. The van der Waals surface area contributed by atoms with E-state index in [1.165, 1.54) is 20.8 Å². The van der Waals surface area contributed by atoms with Crippen LogP contribution in [0.15, 0.2) is 0 Å².